The lowest BCUT2D eigenvalue weighted by molar-refractivity contribution is 0.154. The van der Waals surface area contributed by atoms with Crippen molar-refractivity contribution in [2.45, 2.75) is 63.1 Å². The van der Waals surface area contributed by atoms with Crippen LogP contribution in [0.2, 0.25) is 0 Å². The Bertz CT molecular complexity index is 1610. The molecule has 0 unspecified atom stereocenters. The van der Waals surface area contributed by atoms with Crippen molar-refractivity contribution in [1.82, 2.24) is 20.0 Å². The molecule has 3 aromatic rings. The summed E-state index contributed by atoms with van der Waals surface area (Å²) in [5, 5.41) is 3.07. The van der Waals surface area contributed by atoms with Crippen LogP contribution >= 0.6 is 0 Å². The molecule has 46 heavy (non-hydrogen) atoms. The first-order valence-corrected chi connectivity index (χ1v) is 15.9. The van der Waals surface area contributed by atoms with Gasteiger partial charge in [-0.1, -0.05) is 36.4 Å². The Morgan fingerprint density at radius 3 is 2.41 bits per heavy atom. The van der Waals surface area contributed by atoms with Gasteiger partial charge < -0.3 is 15.0 Å². The van der Waals surface area contributed by atoms with Crippen molar-refractivity contribution in [2.24, 2.45) is 0 Å². The predicted octanol–water partition coefficient (Wildman–Crippen LogP) is 7.46. The molecule has 0 bridgehead atoms. The molecule has 2 heterocycles. The standard InChI is InChI=1S/C36H39F3N4O3/c1-23(24-6-4-3-5-7-24)42-19-17-33(26-10-15-31(38)32(39)20-26)43(36(42)45)35(44)40-28-16-18-41(22-28)29-12-8-25(9-13-29)30-14-11-27(37)21-34(30)46-2/h3-7,10-11,14-15,17,20-21,23,25,28-29H,8-9,12-13,16,18-19,22H2,1-2H3,(H,40,44)/t23-,25-,28-,29-/m1/s1. The molecule has 7 nitrogen and oxygen atoms in total. The van der Waals surface area contributed by atoms with Crippen molar-refractivity contribution >= 4 is 17.8 Å². The van der Waals surface area contributed by atoms with Gasteiger partial charge in [0.25, 0.3) is 0 Å². The molecule has 1 N–H and O–H groups in total. The van der Waals surface area contributed by atoms with Gasteiger partial charge in [-0.3, -0.25) is 4.90 Å². The predicted molar refractivity (Wildman–Crippen MR) is 170 cm³/mol. The van der Waals surface area contributed by atoms with Crippen LogP contribution in [0, 0.1) is 17.5 Å². The summed E-state index contributed by atoms with van der Waals surface area (Å²) in [6.07, 6.45) is 6.31. The van der Waals surface area contributed by atoms with E-state index in [1.54, 1.807) is 18.1 Å². The average molecular weight is 633 g/mol. The van der Waals surface area contributed by atoms with Crippen LogP contribution in [-0.2, 0) is 0 Å². The lowest BCUT2D eigenvalue weighted by Gasteiger charge is -2.38. The Hall–Kier alpha value is -4.31. The molecular formula is C36H39F3N4O3. The van der Waals surface area contributed by atoms with E-state index in [0.717, 1.165) is 66.8 Å². The maximum absolute atomic E-state index is 14.3. The van der Waals surface area contributed by atoms with Crippen molar-refractivity contribution in [3.05, 3.63) is 107 Å². The van der Waals surface area contributed by atoms with Gasteiger partial charge in [-0.15, -0.1) is 0 Å². The lowest BCUT2D eigenvalue weighted by Crippen LogP contribution is -2.54. The Kier molecular flexibility index (Phi) is 9.35. The first-order valence-electron chi connectivity index (χ1n) is 15.9. The Morgan fingerprint density at radius 1 is 0.935 bits per heavy atom. The number of hydrogen-bond acceptors (Lipinski definition) is 4. The van der Waals surface area contributed by atoms with E-state index in [9.17, 15) is 22.8 Å². The third-order valence-electron chi connectivity index (χ3n) is 9.72. The van der Waals surface area contributed by atoms with Crippen LogP contribution < -0.4 is 10.1 Å². The summed E-state index contributed by atoms with van der Waals surface area (Å²) < 4.78 is 47.2. The molecule has 3 aliphatic rings. The molecule has 0 radical (unpaired) electrons. The summed E-state index contributed by atoms with van der Waals surface area (Å²) in [6.45, 7) is 3.57. The van der Waals surface area contributed by atoms with E-state index in [2.05, 4.69) is 10.2 Å². The van der Waals surface area contributed by atoms with Gasteiger partial charge in [-0.25, -0.2) is 27.7 Å². The number of urea groups is 2. The van der Waals surface area contributed by atoms with Gasteiger partial charge >= 0.3 is 12.1 Å². The molecule has 4 amide bonds. The van der Waals surface area contributed by atoms with Crippen LogP contribution in [0.4, 0.5) is 22.8 Å². The second kappa shape index (κ2) is 13.6. The van der Waals surface area contributed by atoms with Crippen LogP contribution in [0.5, 0.6) is 5.75 Å². The highest BCUT2D eigenvalue weighted by atomic mass is 19.2. The molecule has 10 heteroatoms. The Balaban J connectivity index is 1.13. The monoisotopic (exact) mass is 632 g/mol. The summed E-state index contributed by atoms with van der Waals surface area (Å²) in [7, 11) is 1.57. The summed E-state index contributed by atoms with van der Waals surface area (Å²) in [4.78, 5) is 32.9. The molecule has 6 rings (SSSR count). The van der Waals surface area contributed by atoms with Gasteiger partial charge in [-0.2, -0.15) is 0 Å². The van der Waals surface area contributed by atoms with Crippen LogP contribution in [0.15, 0.2) is 72.8 Å². The maximum atomic E-state index is 14.3. The number of hydrogen-bond donors (Lipinski definition) is 1. The zero-order valence-electron chi connectivity index (χ0n) is 26.1. The third-order valence-corrected chi connectivity index (χ3v) is 9.72. The molecule has 2 aliphatic heterocycles. The fourth-order valence-electron chi connectivity index (χ4n) is 7.17. The fraction of sp³-hybridized carbons (Fsp3) is 0.389. The van der Waals surface area contributed by atoms with Gasteiger partial charge in [0.05, 0.1) is 18.8 Å². The van der Waals surface area contributed by atoms with E-state index in [1.165, 1.54) is 18.2 Å². The van der Waals surface area contributed by atoms with Crippen LogP contribution in [-0.4, -0.2) is 65.6 Å². The second-order valence-electron chi connectivity index (χ2n) is 12.4. The third kappa shape index (κ3) is 6.49. The second-order valence-corrected chi connectivity index (χ2v) is 12.4. The molecule has 2 atom stereocenters. The number of carbonyl (C=O) groups excluding carboxylic acids is 2. The smallest absolute Gasteiger partial charge is 0.333 e. The van der Waals surface area contributed by atoms with E-state index in [1.807, 2.05) is 43.3 Å². The van der Waals surface area contributed by atoms with Crippen molar-refractivity contribution in [3.63, 3.8) is 0 Å². The zero-order valence-corrected chi connectivity index (χ0v) is 26.1. The average Bonchev–Trinajstić information content (AvgIpc) is 3.54. The van der Waals surface area contributed by atoms with Gasteiger partial charge in [-0.05, 0) is 86.4 Å². The number of nitrogens with zero attached hydrogens (tertiary/aromatic N) is 3. The lowest BCUT2D eigenvalue weighted by atomic mass is 9.81. The summed E-state index contributed by atoms with van der Waals surface area (Å²) in [5.41, 5.74) is 2.43. The topological polar surface area (TPSA) is 65.1 Å². The summed E-state index contributed by atoms with van der Waals surface area (Å²) in [5.74, 6) is -1.47. The number of ether oxygens (including phenoxy) is 1. The van der Waals surface area contributed by atoms with Crippen LogP contribution in [0.3, 0.4) is 0 Å². The fourth-order valence-corrected chi connectivity index (χ4v) is 7.17. The Labute approximate surface area is 267 Å². The highest BCUT2D eigenvalue weighted by Gasteiger charge is 2.39. The number of likely N-dealkylation sites (tertiary alicyclic amines) is 1. The molecule has 1 saturated carbocycles. The van der Waals surface area contributed by atoms with E-state index in [-0.39, 0.29) is 35.7 Å². The largest absolute Gasteiger partial charge is 0.496 e. The highest BCUT2D eigenvalue weighted by Crippen LogP contribution is 2.40. The minimum absolute atomic E-state index is 0.177. The number of benzene rings is 3. The molecule has 1 saturated heterocycles. The van der Waals surface area contributed by atoms with Crippen molar-refractivity contribution in [3.8, 4) is 5.75 Å². The SMILES string of the molecule is COc1cc(F)ccc1[C@H]1CC[C@H](N2CC[C@@H](NC(=O)N3C(=O)N([C@H](C)c4ccccc4)CC=C3c3ccc(F)c(F)c3)C2)CC1. The van der Waals surface area contributed by atoms with Crippen LogP contribution in [0.1, 0.15) is 67.7 Å². The molecule has 3 aromatic carbocycles. The number of halogens is 3. The number of imide groups is 1. The van der Waals surface area contributed by atoms with Crippen molar-refractivity contribution in [1.29, 1.82) is 0 Å². The quantitative estimate of drug-likeness (QED) is 0.294. The summed E-state index contributed by atoms with van der Waals surface area (Å²) in [6, 6.07) is 16.4. The van der Waals surface area contributed by atoms with Gasteiger partial charge in [0, 0.05) is 43.3 Å². The minimum atomic E-state index is -1.05. The minimum Gasteiger partial charge on any atom is -0.496 e. The normalized spacial score (nSPS) is 22.8. The highest BCUT2D eigenvalue weighted by molar-refractivity contribution is 6.04. The van der Waals surface area contributed by atoms with Gasteiger partial charge in [0.15, 0.2) is 11.6 Å². The zero-order chi connectivity index (χ0) is 32.4. The number of methoxy groups -OCH3 is 1. The van der Waals surface area contributed by atoms with Gasteiger partial charge in [0.2, 0.25) is 0 Å². The Morgan fingerprint density at radius 2 is 1.70 bits per heavy atom. The van der Waals surface area contributed by atoms with E-state index in [0.29, 0.717) is 24.3 Å². The van der Waals surface area contributed by atoms with E-state index in [4.69, 9.17) is 4.74 Å². The molecule has 242 valence electrons. The molecule has 2 fully saturated rings. The summed E-state index contributed by atoms with van der Waals surface area (Å²) >= 11 is 0. The molecule has 0 aromatic heterocycles. The van der Waals surface area contributed by atoms with E-state index >= 15 is 0 Å². The van der Waals surface area contributed by atoms with Gasteiger partial charge in [0.1, 0.15) is 11.6 Å². The van der Waals surface area contributed by atoms with Crippen LogP contribution in [0.25, 0.3) is 5.70 Å². The first kappa shape index (κ1) is 31.7. The van der Waals surface area contributed by atoms with Crippen molar-refractivity contribution in [2.75, 3.05) is 26.7 Å². The first-order chi connectivity index (χ1) is 22.2. The number of carbonyl (C=O) groups is 2. The molecule has 0 spiro atoms. The van der Waals surface area contributed by atoms with E-state index < -0.39 is 23.7 Å². The van der Waals surface area contributed by atoms with Crippen molar-refractivity contribution < 1.29 is 27.5 Å². The molecule has 1 aliphatic carbocycles. The number of nitrogens with one attached hydrogen (secondary N) is 1. The maximum Gasteiger partial charge on any atom is 0.333 e. The number of rotatable bonds is 7. The molecular weight excluding hydrogens is 593 g/mol. The number of amides is 4.